The highest BCUT2D eigenvalue weighted by molar-refractivity contribution is 6.04. The van der Waals surface area contributed by atoms with Crippen LogP contribution < -0.4 is 15.4 Å². The second-order valence-corrected chi connectivity index (χ2v) is 6.55. The molecule has 0 saturated carbocycles. The van der Waals surface area contributed by atoms with Crippen molar-refractivity contribution in [2.45, 2.75) is 33.8 Å². The van der Waals surface area contributed by atoms with Crippen molar-refractivity contribution in [3.63, 3.8) is 0 Å². The number of rotatable bonds is 7. The number of anilines is 2. The highest BCUT2D eigenvalue weighted by Crippen LogP contribution is 2.20. The molecule has 1 aromatic heterocycles. The number of hydrogen-bond donors (Lipinski definition) is 2. The second-order valence-electron chi connectivity index (χ2n) is 6.55. The van der Waals surface area contributed by atoms with Crippen molar-refractivity contribution in [2.24, 2.45) is 0 Å². The molecule has 1 heterocycles. The van der Waals surface area contributed by atoms with Gasteiger partial charge in [0.25, 0.3) is 5.91 Å². The molecule has 150 valence electrons. The lowest BCUT2D eigenvalue weighted by molar-refractivity contribution is -0.115. The first-order valence-corrected chi connectivity index (χ1v) is 9.32. The number of nitrogens with zero attached hydrogens (tertiary/aromatic N) is 1. The molecule has 0 atom stereocenters. The third kappa shape index (κ3) is 5.22. The number of benzene rings is 2. The van der Waals surface area contributed by atoms with E-state index in [-0.39, 0.29) is 11.8 Å². The van der Waals surface area contributed by atoms with E-state index in [0.717, 1.165) is 17.0 Å². The minimum atomic E-state index is -0.249. The van der Waals surface area contributed by atoms with Crippen LogP contribution in [0.1, 0.15) is 40.7 Å². The van der Waals surface area contributed by atoms with E-state index in [1.807, 2.05) is 13.8 Å². The Morgan fingerprint density at radius 2 is 1.72 bits per heavy atom. The zero-order chi connectivity index (χ0) is 20.8. The fourth-order valence-corrected chi connectivity index (χ4v) is 2.69. The normalized spacial score (nSPS) is 10.4. The minimum absolute atomic E-state index is 0.0827. The van der Waals surface area contributed by atoms with Crippen LogP contribution in [0.5, 0.6) is 5.75 Å². The molecule has 29 heavy (non-hydrogen) atoms. The van der Waals surface area contributed by atoms with E-state index in [2.05, 4.69) is 15.8 Å². The van der Waals surface area contributed by atoms with Crippen molar-refractivity contribution in [1.29, 1.82) is 0 Å². The molecule has 0 aliphatic rings. The lowest BCUT2D eigenvalue weighted by atomic mass is 10.2. The van der Waals surface area contributed by atoms with E-state index in [9.17, 15) is 9.59 Å². The van der Waals surface area contributed by atoms with Gasteiger partial charge in [-0.2, -0.15) is 0 Å². The summed E-state index contributed by atoms with van der Waals surface area (Å²) in [4.78, 5) is 24.0. The number of carbonyl (C=O) groups is 2. The maximum Gasteiger partial charge on any atom is 0.255 e. The summed E-state index contributed by atoms with van der Waals surface area (Å²) in [6.45, 7) is 5.84. The van der Waals surface area contributed by atoms with E-state index in [1.165, 1.54) is 0 Å². The van der Waals surface area contributed by atoms with E-state index < -0.39 is 0 Å². The Bertz CT molecular complexity index is 990. The molecular weight excluding hydrogens is 370 g/mol. The van der Waals surface area contributed by atoms with Crippen molar-refractivity contribution in [2.75, 3.05) is 10.6 Å². The Balaban J connectivity index is 1.60. The van der Waals surface area contributed by atoms with Crippen LogP contribution >= 0.6 is 0 Å². The van der Waals surface area contributed by atoms with Gasteiger partial charge in [-0.25, -0.2) is 0 Å². The summed E-state index contributed by atoms with van der Waals surface area (Å²) in [5, 5.41) is 9.50. The van der Waals surface area contributed by atoms with Gasteiger partial charge >= 0.3 is 0 Å². The van der Waals surface area contributed by atoms with Crippen LogP contribution in [0.25, 0.3) is 0 Å². The van der Waals surface area contributed by atoms with Gasteiger partial charge in [0, 0.05) is 23.4 Å². The van der Waals surface area contributed by atoms with Crippen molar-refractivity contribution >= 4 is 23.2 Å². The summed E-state index contributed by atoms with van der Waals surface area (Å²) in [5.41, 5.74) is 3.45. The molecule has 0 radical (unpaired) electrons. The average molecular weight is 393 g/mol. The number of hydrogen-bond acceptors (Lipinski definition) is 5. The third-order valence-electron chi connectivity index (χ3n) is 4.41. The van der Waals surface area contributed by atoms with Gasteiger partial charge in [-0.05, 0) is 56.3 Å². The zero-order valence-corrected chi connectivity index (χ0v) is 16.6. The Hall–Kier alpha value is -3.61. The lowest BCUT2D eigenvalue weighted by Gasteiger charge is -2.09. The van der Waals surface area contributed by atoms with Gasteiger partial charge in [-0.1, -0.05) is 18.1 Å². The predicted octanol–water partition coefficient (Wildman–Crippen LogP) is 4.47. The molecule has 0 saturated heterocycles. The maximum absolute atomic E-state index is 12.5. The second kappa shape index (κ2) is 9.05. The highest BCUT2D eigenvalue weighted by Gasteiger charge is 2.11. The SMILES string of the molecule is CCC(=O)Nc1cccc(NC(=O)c2ccc(OCc3c(C)noc3C)cc2)c1. The van der Waals surface area contributed by atoms with E-state index in [1.54, 1.807) is 55.5 Å². The molecular formula is C22H23N3O4. The van der Waals surface area contributed by atoms with Gasteiger partial charge in [0.05, 0.1) is 11.3 Å². The molecule has 7 nitrogen and oxygen atoms in total. The molecule has 3 aromatic rings. The van der Waals surface area contributed by atoms with Crippen LogP contribution in [-0.2, 0) is 11.4 Å². The summed E-state index contributed by atoms with van der Waals surface area (Å²) >= 11 is 0. The number of ether oxygens (including phenoxy) is 1. The minimum Gasteiger partial charge on any atom is -0.489 e. The molecule has 2 aromatic carbocycles. The molecule has 7 heteroatoms. The number of carbonyl (C=O) groups excluding carboxylic acids is 2. The van der Waals surface area contributed by atoms with Crippen LogP contribution in [0, 0.1) is 13.8 Å². The van der Waals surface area contributed by atoms with Gasteiger partial charge in [0.15, 0.2) is 0 Å². The van der Waals surface area contributed by atoms with Gasteiger partial charge in [-0.15, -0.1) is 0 Å². The Kier molecular flexibility index (Phi) is 6.29. The maximum atomic E-state index is 12.5. The van der Waals surface area contributed by atoms with E-state index in [4.69, 9.17) is 9.26 Å². The molecule has 2 N–H and O–H groups in total. The van der Waals surface area contributed by atoms with Gasteiger partial charge in [0.1, 0.15) is 18.1 Å². The molecule has 0 aliphatic heterocycles. The first kappa shape index (κ1) is 20.1. The van der Waals surface area contributed by atoms with Gasteiger partial charge in [0.2, 0.25) is 5.91 Å². The van der Waals surface area contributed by atoms with Crippen LogP contribution in [-0.4, -0.2) is 17.0 Å². The molecule has 0 fully saturated rings. The van der Waals surface area contributed by atoms with Crippen molar-refractivity contribution in [3.05, 3.63) is 71.1 Å². The average Bonchev–Trinajstić information content (AvgIpc) is 3.04. The summed E-state index contributed by atoms with van der Waals surface area (Å²) in [6.07, 6.45) is 0.390. The standard InChI is InChI=1S/C22H23N3O4/c1-4-21(26)23-17-6-5-7-18(12-17)24-22(27)16-8-10-19(11-9-16)28-13-20-14(2)25-29-15(20)3/h5-12H,4,13H2,1-3H3,(H,23,26)(H,24,27). The van der Waals surface area contributed by atoms with Crippen molar-refractivity contribution < 1.29 is 18.8 Å². The summed E-state index contributed by atoms with van der Waals surface area (Å²) in [7, 11) is 0. The molecule has 3 rings (SSSR count). The smallest absolute Gasteiger partial charge is 0.255 e. The molecule has 0 spiro atoms. The Morgan fingerprint density at radius 1 is 1.03 bits per heavy atom. The van der Waals surface area contributed by atoms with Crippen molar-refractivity contribution in [3.8, 4) is 5.75 Å². The van der Waals surface area contributed by atoms with E-state index >= 15 is 0 Å². The van der Waals surface area contributed by atoms with Crippen LogP contribution in [0.3, 0.4) is 0 Å². The number of aromatic nitrogens is 1. The largest absolute Gasteiger partial charge is 0.489 e. The summed E-state index contributed by atoms with van der Waals surface area (Å²) < 4.78 is 10.9. The molecule has 0 unspecified atom stereocenters. The van der Waals surface area contributed by atoms with Crippen molar-refractivity contribution in [1.82, 2.24) is 5.16 Å². The van der Waals surface area contributed by atoms with Crippen LogP contribution in [0.15, 0.2) is 53.1 Å². The van der Waals surface area contributed by atoms with E-state index in [0.29, 0.717) is 35.7 Å². The lowest BCUT2D eigenvalue weighted by Crippen LogP contribution is -2.13. The monoisotopic (exact) mass is 393 g/mol. The molecule has 0 bridgehead atoms. The van der Waals surface area contributed by atoms with Crippen LogP contribution in [0.2, 0.25) is 0 Å². The third-order valence-corrected chi connectivity index (χ3v) is 4.41. The fourth-order valence-electron chi connectivity index (χ4n) is 2.69. The molecule has 2 amide bonds. The highest BCUT2D eigenvalue weighted by atomic mass is 16.5. The fraction of sp³-hybridized carbons (Fsp3) is 0.227. The van der Waals surface area contributed by atoms with Crippen LogP contribution in [0.4, 0.5) is 11.4 Å². The summed E-state index contributed by atoms with van der Waals surface area (Å²) in [5.74, 6) is 1.04. The zero-order valence-electron chi connectivity index (χ0n) is 16.6. The van der Waals surface area contributed by atoms with Gasteiger partial charge < -0.3 is 19.9 Å². The first-order chi connectivity index (χ1) is 14.0. The number of amides is 2. The predicted molar refractivity (Wildman–Crippen MR) is 110 cm³/mol. The Morgan fingerprint density at radius 3 is 2.34 bits per heavy atom. The molecule has 0 aliphatic carbocycles. The van der Waals surface area contributed by atoms with Gasteiger partial charge in [-0.3, -0.25) is 9.59 Å². The number of aryl methyl sites for hydroxylation is 2. The Labute approximate surface area is 169 Å². The summed E-state index contributed by atoms with van der Waals surface area (Å²) in [6, 6.07) is 13.9. The quantitative estimate of drug-likeness (QED) is 0.618. The number of nitrogens with one attached hydrogen (secondary N) is 2. The first-order valence-electron chi connectivity index (χ1n) is 9.32. The topological polar surface area (TPSA) is 93.5 Å².